The van der Waals surface area contributed by atoms with Gasteiger partial charge >= 0.3 is 0 Å². The van der Waals surface area contributed by atoms with Crippen LogP contribution in [0.25, 0.3) is 0 Å². The lowest BCUT2D eigenvalue weighted by Gasteiger charge is -2.30. The lowest BCUT2D eigenvalue weighted by molar-refractivity contribution is -0.137. The van der Waals surface area contributed by atoms with Gasteiger partial charge in [0, 0.05) is 38.1 Å². The van der Waals surface area contributed by atoms with E-state index in [9.17, 15) is 4.79 Å². The van der Waals surface area contributed by atoms with Gasteiger partial charge in [-0.1, -0.05) is 41.9 Å². The second kappa shape index (κ2) is 8.15. The number of fused-ring (bicyclic) bond motifs is 1. The molecular formula is C22H23ClN4O. The number of hydrogen-bond acceptors (Lipinski definition) is 3. The third kappa shape index (κ3) is 4.09. The highest BCUT2D eigenvalue weighted by molar-refractivity contribution is 6.31. The molecule has 1 aliphatic rings. The number of amides is 1. The molecule has 28 heavy (non-hydrogen) atoms. The standard InChI is InChI=1S/C22H23ClN4O/c1-26-14-20(23)21(25-26)15-27(13-16-5-4-10-24-12-16)22(28)19-9-8-17-6-2-3-7-18(17)11-19/h2-7,10,12,14,19H,8-9,11,13,15H2,1H3/t19-/m0/s1. The number of nitrogens with zero attached hydrogens (tertiary/aromatic N) is 4. The van der Waals surface area contributed by atoms with Gasteiger partial charge in [0.2, 0.25) is 5.91 Å². The number of carbonyl (C=O) groups excluding carboxylic acids is 1. The van der Waals surface area contributed by atoms with Gasteiger partial charge in [0.1, 0.15) is 5.69 Å². The van der Waals surface area contributed by atoms with E-state index in [2.05, 4.69) is 28.3 Å². The molecule has 0 radical (unpaired) electrons. The molecule has 5 nitrogen and oxygen atoms in total. The highest BCUT2D eigenvalue weighted by atomic mass is 35.5. The molecule has 0 saturated heterocycles. The van der Waals surface area contributed by atoms with E-state index in [-0.39, 0.29) is 11.8 Å². The Balaban J connectivity index is 1.57. The zero-order chi connectivity index (χ0) is 19.5. The second-order valence-corrected chi connectivity index (χ2v) is 7.77. The van der Waals surface area contributed by atoms with E-state index < -0.39 is 0 Å². The van der Waals surface area contributed by atoms with Crippen molar-refractivity contribution in [2.75, 3.05) is 0 Å². The number of aryl methyl sites for hydroxylation is 2. The Kier molecular flexibility index (Phi) is 5.44. The summed E-state index contributed by atoms with van der Waals surface area (Å²) in [6.07, 6.45) is 7.90. The van der Waals surface area contributed by atoms with Crippen LogP contribution in [0.2, 0.25) is 5.02 Å². The van der Waals surface area contributed by atoms with E-state index >= 15 is 0 Å². The van der Waals surface area contributed by atoms with Gasteiger partial charge in [-0.05, 0) is 42.0 Å². The van der Waals surface area contributed by atoms with Gasteiger partial charge in [0.05, 0.1) is 11.6 Å². The lowest BCUT2D eigenvalue weighted by Crippen LogP contribution is -2.38. The molecule has 144 valence electrons. The molecular weight excluding hydrogens is 372 g/mol. The van der Waals surface area contributed by atoms with E-state index in [1.165, 1.54) is 11.1 Å². The van der Waals surface area contributed by atoms with Crippen LogP contribution in [0.5, 0.6) is 0 Å². The number of pyridine rings is 1. The molecule has 6 heteroatoms. The van der Waals surface area contributed by atoms with Gasteiger partial charge in [-0.2, -0.15) is 5.10 Å². The predicted molar refractivity (Wildman–Crippen MR) is 109 cm³/mol. The van der Waals surface area contributed by atoms with Crippen LogP contribution < -0.4 is 0 Å². The van der Waals surface area contributed by atoms with Crippen molar-refractivity contribution in [3.63, 3.8) is 0 Å². The maximum Gasteiger partial charge on any atom is 0.226 e. The molecule has 0 saturated carbocycles. The summed E-state index contributed by atoms with van der Waals surface area (Å²) in [7, 11) is 1.83. The largest absolute Gasteiger partial charge is 0.332 e. The summed E-state index contributed by atoms with van der Waals surface area (Å²) in [5, 5.41) is 5.01. The molecule has 0 N–H and O–H groups in total. The summed E-state index contributed by atoms with van der Waals surface area (Å²) in [4.78, 5) is 19.5. The minimum Gasteiger partial charge on any atom is -0.332 e. The molecule has 1 atom stereocenters. The summed E-state index contributed by atoms with van der Waals surface area (Å²) >= 11 is 6.32. The summed E-state index contributed by atoms with van der Waals surface area (Å²) in [6, 6.07) is 12.3. The molecule has 0 unspecified atom stereocenters. The first-order chi connectivity index (χ1) is 13.6. The number of carbonyl (C=O) groups is 1. The van der Waals surface area contributed by atoms with E-state index in [0.717, 1.165) is 30.5 Å². The van der Waals surface area contributed by atoms with Crippen molar-refractivity contribution in [3.8, 4) is 0 Å². The number of hydrogen-bond donors (Lipinski definition) is 0. The average molecular weight is 395 g/mol. The number of halogens is 1. The molecule has 2 heterocycles. The fourth-order valence-electron chi connectivity index (χ4n) is 3.88. The summed E-state index contributed by atoms with van der Waals surface area (Å²) in [5.74, 6) is 0.133. The van der Waals surface area contributed by atoms with Crippen molar-refractivity contribution in [1.82, 2.24) is 19.7 Å². The summed E-state index contributed by atoms with van der Waals surface area (Å²) < 4.78 is 1.68. The van der Waals surface area contributed by atoms with Crippen LogP contribution in [0, 0.1) is 5.92 Å². The van der Waals surface area contributed by atoms with Gasteiger partial charge < -0.3 is 4.90 Å². The predicted octanol–water partition coefficient (Wildman–Crippen LogP) is 3.80. The Hall–Kier alpha value is -2.66. The number of rotatable bonds is 5. The summed E-state index contributed by atoms with van der Waals surface area (Å²) in [5.41, 5.74) is 4.36. The lowest BCUT2D eigenvalue weighted by atomic mass is 9.83. The Morgan fingerprint density at radius 2 is 2.04 bits per heavy atom. The Labute approximate surface area is 170 Å². The first kappa shape index (κ1) is 18.7. The SMILES string of the molecule is Cn1cc(Cl)c(CN(Cc2cccnc2)C(=O)[C@H]2CCc3ccccc3C2)n1. The first-order valence-electron chi connectivity index (χ1n) is 9.52. The fraction of sp³-hybridized carbons (Fsp3) is 0.318. The zero-order valence-electron chi connectivity index (χ0n) is 15.9. The highest BCUT2D eigenvalue weighted by Crippen LogP contribution is 2.28. The maximum absolute atomic E-state index is 13.5. The minimum absolute atomic E-state index is 0.0194. The molecule has 4 rings (SSSR count). The van der Waals surface area contributed by atoms with Crippen LogP contribution in [-0.2, 0) is 37.8 Å². The molecule has 2 aromatic heterocycles. The minimum atomic E-state index is -0.0194. The van der Waals surface area contributed by atoms with Crippen LogP contribution in [0.3, 0.4) is 0 Å². The maximum atomic E-state index is 13.5. The van der Waals surface area contributed by atoms with Crippen molar-refractivity contribution >= 4 is 17.5 Å². The highest BCUT2D eigenvalue weighted by Gasteiger charge is 2.29. The van der Waals surface area contributed by atoms with Crippen LogP contribution in [-0.4, -0.2) is 25.6 Å². The Morgan fingerprint density at radius 3 is 2.75 bits per heavy atom. The number of benzene rings is 1. The quantitative estimate of drug-likeness (QED) is 0.661. The van der Waals surface area contributed by atoms with Crippen LogP contribution in [0.1, 0.15) is 28.8 Å². The third-order valence-electron chi connectivity index (χ3n) is 5.30. The zero-order valence-corrected chi connectivity index (χ0v) is 16.6. The van der Waals surface area contributed by atoms with Crippen LogP contribution in [0.4, 0.5) is 0 Å². The van der Waals surface area contributed by atoms with Crippen LogP contribution >= 0.6 is 11.6 Å². The molecule has 3 aromatic rings. The second-order valence-electron chi connectivity index (χ2n) is 7.36. The van der Waals surface area contributed by atoms with Gasteiger partial charge in [-0.15, -0.1) is 0 Å². The smallest absolute Gasteiger partial charge is 0.226 e. The molecule has 0 aliphatic heterocycles. The topological polar surface area (TPSA) is 51.0 Å². The van der Waals surface area contributed by atoms with Crippen molar-refractivity contribution in [2.24, 2.45) is 13.0 Å². The average Bonchev–Trinajstić information content (AvgIpc) is 3.04. The Bertz CT molecular complexity index is 970. The first-order valence-corrected chi connectivity index (χ1v) is 9.90. The third-order valence-corrected chi connectivity index (χ3v) is 5.61. The van der Waals surface area contributed by atoms with Gasteiger partial charge in [-0.3, -0.25) is 14.5 Å². The fourth-order valence-corrected chi connectivity index (χ4v) is 4.12. The van der Waals surface area contributed by atoms with E-state index in [4.69, 9.17) is 11.6 Å². The number of aromatic nitrogens is 3. The van der Waals surface area contributed by atoms with Crippen molar-refractivity contribution in [3.05, 3.63) is 82.4 Å². The van der Waals surface area contributed by atoms with Gasteiger partial charge in [0.25, 0.3) is 0 Å². The molecule has 1 amide bonds. The van der Waals surface area contributed by atoms with Gasteiger partial charge in [-0.25, -0.2) is 0 Å². The molecule has 1 aromatic carbocycles. The van der Waals surface area contributed by atoms with E-state index in [1.807, 2.05) is 30.1 Å². The van der Waals surface area contributed by atoms with E-state index in [0.29, 0.717) is 18.1 Å². The molecule has 0 fully saturated rings. The monoisotopic (exact) mass is 394 g/mol. The molecule has 0 bridgehead atoms. The normalized spacial score (nSPS) is 15.9. The van der Waals surface area contributed by atoms with Crippen molar-refractivity contribution in [2.45, 2.75) is 32.4 Å². The van der Waals surface area contributed by atoms with Gasteiger partial charge in [0.15, 0.2) is 0 Å². The molecule has 0 spiro atoms. The van der Waals surface area contributed by atoms with E-state index in [1.54, 1.807) is 23.3 Å². The van der Waals surface area contributed by atoms with Crippen LogP contribution in [0.15, 0.2) is 55.0 Å². The van der Waals surface area contributed by atoms with Crippen molar-refractivity contribution in [1.29, 1.82) is 0 Å². The Morgan fingerprint density at radius 1 is 1.21 bits per heavy atom. The van der Waals surface area contributed by atoms with Crippen molar-refractivity contribution < 1.29 is 4.79 Å². The summed E-state index contributed by atoms with van der Waals surface area (Å²) in [6.45, 7) is 0.892. The molecule has 1 aliphatic carbocycles.